The fourth-order valence-corrected chi connectivity index (χ4v) is 5.77. The Bertz CT molecular complexity index is 1680. The molecule has 6 radical (unpaired) electrons. The number of ether oxygens (including phenoxy) is 1. The van der Waals surface area contributed by atoms with Gasteiger partial charge in [0.1, 0.15) is 17.2 Å². The molecule has 2 bridgehead atoms. The number of fused-ring (bicyclic) bond motifs is 9. The van der Waals surface area contributed by atoms with Crippen LogP contribution in [0.25, 0.3) is 22.2 Å². The van der Waals surface area contributed by atoms with Gasteiger partial charge in [-0.3, -0.25) is 4.79 Å². The van der Waals surface area contributed by atoms with Crippen molar-refractivity contribution in [3.05, 3.63) is 71.1 Å². The van der Waals surface area contributed by atoms with Crippen LogP contribution in [0.1, 0.15) is 65.6 Å². The third-order valence-corrected chi connectivity index (χ3v) is 7.40. The van der Waals surface area contributed by atoms with E-state index in [-0.39, 0.29) is 23.3 Å². The summed E-state index contributed by atoms with van der Waals surface area (Å²) in [6.45, 7) is 1.95. The molecule has 0 spiro atoms. The van der Waals surface area contributed by atoms with Gasteiger partial charge in [0, 0.05) is 35.0 Å². The molecular weight excluding hydrogens is 513 g/mol. The van der Waals surface area contributed by atoms with Gasteiger partial charge in [-0.05, 0) is 50.6 Å². The highest BCUT2D eigenvalue weighted by Crippen LogP contribution is 2.51. The van der Waals surface area contributed by atoms with Gasteiger partial charge < -0.3 is 19.3 Å². The molecule has 0 saturated heterocycles. The number of aliphatic hydroxyl groups is 1. The van der Waals surface area contributed by atoms with Crippen molar-refractivity contribution < 1.29 is 23.4 Å². The van der Waals surface area contributed by atoms with Gasteiger partial charge in [-0.15, -0.1) is 0 Å². The van der Waals surface area contributed by atoms with Crippen molar-refractivity contribution >= 4 is 40.5 Å². The average molecular weight is 535 g/mol. The third-order valence-electron chi connectivity index (χ3n) is 7.40. The second-order valence-corrected chi connectivity index (χ2v) is 10.7. The number of carbonyl (C=O) groups is 1. The summed E-state index contributed by atoms with van der Waals surface area (Å²) in [6, 6.07) is 8.64. The Hall–Kier alpha value is -3.73. The fraction of sp³-hybridized carbons (Fsp3) is 0.333. The van der Waals surface area contributed by atoms with Gasteiger partial charge in [0.05, 0.1) is 46.7 Å². The standard InChI is InChI=1S/C27H22B3F2N5O3/c1-12-15(11-33-24(34-12)26(2,3)39)13-7-8-16-17(9-13)36-18-10-19(22(36)35-16)37(27(28,29)30)23(38)14-5-4-6-20(21(14)18)40-25(31)32/h4-9,11,18-19,25,39H,10H2,1-3H3/t18-,19-/m1/s1. The second kappa shape index (κ2) is 8.89. The quantitative estimate of drug-likeness (QED) is 0.395. The van der Waals surface area contributed by atoms with E-state index < -0.39 is 35.4 Å². The van der Waals surface area contributed by atoms with Crippen LogP contribution in [0.4, 0.5) is 8.78 Å². The van der Waals surface area contributed by atoms with E-state index in [2.05, 4.69) is 9.97 Å². The second-order valence-electron chi connectivity index (χ2n) is 10.7. The number of hydrogen-bond acceptors (Lipinski definition) is 6. The maximum atomic E-state index is 13.7. The Labute approximate surface area is 233 Å². The van der Waals surface area contributed by atoms with Crippen LogP contribution in [0.2, 0.25) is 0 Å². The molecule has 0 saturated carbocycles. The predicted octanol–water partition coefficient (Wildman–Crippen LogP) is 3.24. The van der Waals surface area contributed by atoms with E-state index >= 15 is 0 Å². The molecule has 0 aliphatic carbocycles. The first-order valence-corrected chi connectivity index (χ1v) is 12.6. The molecule has 4 aromatic rings. The molecule has 4 heterocycles. The SMILES string of the molecule is [B]C([B])([B])N1C(=O)c2cccc(OC(F)F)c2[C@H]2C[C@@H]1c1nc3ccc(-c4cnc(C(C)(C)O)nc4C)cc3n12. The first-order chi connectivity index (χ1) is 18.8. The lowest BCUT2D eigenvalue weighted by atomic mass is 9.48. The summed E-state index contributed by atoms with van der Waals surface area (Å²) in [5.74, 6) is 0.0414. The summed E-state index contributed by atoms with van der Waals surface area (Å²) < 4.78 is 33.7. The van der Waals surface area contributed by atoms with Gasteiger partial charge >= 0.3 is 6.61 Å². The highest BCUT2D eigenvalue weighted by atomic mass is 19.3. The van der Waals surface area contributed by atoms with Crippen molar-refractivity contribution in [3.8, 4) is 16.9 Å². The van der Waals surface area contributed by atoms with Gasteiger partial charge in [0.15, 0.2) is 5.82 Å². The van der Waals surface area contributed by atoms with Crippen molar-refractivity contribution in [2.75, 3.05) is 0 Å². The number of nitrogens with zero attached hydrogens (tertiary/aromatic N) is 5. The molecule has 2 aromatic heterocycles. The molecule has 8 nitrogen and oxygen atoms in total. The Morgan fingerprint density at radius 2 is 1.85 bits per heavy atom. The molecule has 1 N–H and O–H groups in total. The van der Waals surface area contributed by atoms with Gasteiger partial charge in [-0.1, -0.05) is 17.4 Å². The number of hydrogen-bond donors (Lipinski definition) is 1. The normalized spacial score (nSPS) is 18.7. The van der Waals surface area contributed by atoms with Crippen LogP contribution in [0.15, 0.2) is 42.6 Å². The fourth-order valence-electron chi connectivity index (χ4n) is 5.77. The van der Waals surface area contributed by atoms with Crippen molar-refractivity contribution in [2.24, 2.45) is 0 Å². The Balaban J connectivity index is 1.58. The Morgan fingerprint density at radius 1 is 1.10 bits per heavy atom. The molecule has 6 rings (SSSR count). The number of aryl methyl sites for hydroxylation is 1. The maximum Gasteiger partial charge on any atom is 0.387 e. The molecule has 0 unspecified atom stereocenters. The zero-order chi connectivity index (χ0) is 28.7. The number of alkyl halides is 2. The van der Waals surface area contributed by atoms with Crippen LogP contribution >= 0.6 is 0 Å². The number of halogens is 2. The molecule has 13 heteroatoms. The lowest BCUT2D eigenvalue weighted by Gasteiger charge is -2.41. The summed E-state index contributed by atoms with van der Waals surface area (Å²) in [5.41, 5.74) is 2.69. The van der Waals surface area contributed by atoms with E-state index in [0.29, 0.717) is 28.4 Å². The molecule has 2 aliphatic rings. The minimum Gasteiger partial charge on any atom is -0.434 e. The summed E-state index contributed by atoms with van der Waals surface area (Å²) in [6.07, 6.45) is 1.90. The molecule has 1 amide bonds. The van der Waals surface area contributed by atoms with Crippen molar-refractivity contribution in [1.82, 2.24) is 24.4 Å². The first-order valence-electron chi connectivity index (χ1n) is 12.6. The van der Waals surface area contributed by atoms with Gasteiger partial charge in [-0.25, -0.2) is 15.0 Å². The van der Waals surface area contributed by atoms with Gasteiger partial charge in [-0.2, -0.15) is 8.78 Å². The maximum absolute atomic E-state index is 13.7. The van der Waals surface area contributed by atoms with E-state index in [1.54, 1.807) is 20.0 Å². The molecule has 0 fully saturated rings. The number of benzene rings is 2. The summed E-state index contributed by atoms with van der Waals surface area (Å²) in [4.78, 5) is 28.5. The van der Waals surface area contributed by atoms with Crippen molar-refractivity contribution in [1.29, 1.82) is 0 Å². The number of aromatic nitrogens is 4. The highest BCUT2D eigenvalue weighted by molar-refractivity contribution is 6.60. The van der Waals surface area contributed by atoms with Crippen LogP contribution in [-0.2, 0) is 5.60 Å². The predicted molar refractivity (Wildman–Crippen MR) is 145 cm³/mol. The summed E-state index contributed by atoms with van der Waals surface area (Å²) in [5, 5.41) is 8.26. The van der Waals surface area contributed by atoms with Crippen molar-refractivity contribution in [3.63, 3.8) is 0 Å². The molecule has 2 aliphatic heterocycles. The van der Waals surface area contributed by atoms with Crippen molar-refractivity contribution in [2.45, 2.75) is 56.7 Å². The van der Waals surface area contributed by atoms with Crippen LogP contribution in [0.5, 0.6) is 5.75 Å². The van der Waals surface area contributed by atoms with Gasteiger partial charge in [0.25, 0.3) is 5.91 Å². The zero-order valence-corrected chi connectivity index (χ0v) is 22.0. The number of carbonyl (C=O) groups excluding carboxylic acids is 1. The van der Waals surface area contributed by atoms with E-state index in [0.717, 1.165) is 16.0 Å². The first kappa shape index (κ1) is 26.5. The lowest BCUT2D eigenvalue weighted by Crippen LogP contribution is -2.54. The lowest BCUT2D eigenvalue weighted by molar-refractivity contribution is -0.0507. The molecule has 40 heavy (non-hydrogen) atoms. The summed E-state index contributed by atoms with van der Waals surface area (Å²) in [7, 11) is 18.2. The molecular formula is C27H22B3F2N5O3. The topological polar surface area (TPSA) is 93.4 Å². The zero-order valence-electron chi connectivity index (χ0n) is 22.0. The van der Waals surface area contributed by atoms with Crippen LogP contribution in [0, 0.1) is 6.92 Å². The number of imidazole rings is 1. The van der Waals surface area contributed by atoms with Crippen LogP contribution in [0.3, 0.4) is 0 Å². The average Bonchev–Trinajstić information content (AvgIpc) is 3.35. The Morgan fingerprint density at radius 3 is 2.50 bits per heavy atom. The highest BCUT2D eigenvalue weighted by Gasteiger charge is 2.48. The minimum atomic E-state index is -3.10. The summed E-state index contributed by atoms with van der Waals surface area (Å²) >= 11 is 0. The monoisotopic (exact) mass is 535 g/mol. The van der Waals surface area contributed by atoms with E-state index in [1.807, 2.05) is 29.7 Å². The van der Waals surface area contributed by atoms with Crippen LogP contribution in [-0.4, -0.2) is 70.8 Å². The van der Waals surface area contributed by atoms with E-state index in [9.17, 15) is 18.7 Å². The number of rotatable bonds is 5. The smallest absolute Gasteiger partial charge is 0.387 e. The molecule has 196 valence electrons. The Kier molecular flexibility index (Phi) is 5.89. The third kappa shape index (κ3) is 4.09. The number of amides is 1. The van der Waals surface area contributed by atoms with E-state index in [4.69, 9.17) is 33.3 Å². The molecule has 2 aromatic carbocycles. The van der Waals surface area contributed by atoms with Crippen LogP contribution < -0.4 is 4.74 Å². The van der Waals surface area contributed by atoms with E-state index in [1.165, 1.54) is 18.2 Å². The minimum absolute atomic E-state index is 0.117. The van der Waals surface area contributed by atoms with Gasteiger partial charge in [0.2, 0.25) is 0 Å². The molecule has 2 atom stereocenters. The largest absolute Gasteiger partial charge is 0.434 e.